The molecule has 0 saturated carbocycles. The van der Waals surface area contributed by atoms with E-state index in [-0.39, 0.29) is 5.97 Å². The van der Waals surface area contributed by atoms with E-state index in [9.17, 15) is 4.79 Å². The van der Waals surface area contributed by atoms with E-state index >= 15 is 0 Å². The highest BCUT2D eigenvalue weighted by molar-refractivity contribution is 14.1. The molecule has 0 saturated heterocycles. The van der Waals surface area contributed by atoms with Gasteiger partial charge in [-0.1, -0.05) is 6.07 Å². The van der Waals surface area contributed by atoms with Crippen molar-refractivity contribution in [3.8, 4) is 0 Å². The van der Waals surface area contributed by atoms with Gasteiger partial charge in [0.25, 0.3) is 0 Å². The van der Waals surface area contributed by atoms with Crippen molar-refractivity contribution in [3.63, 3.8) is 0 Å². The molecule has 1 aromatic carbocycles. The summed E-state index contributed by atoms with van der Waals surface area (Å²) in [6, 6.07) is 8.57. The molecule has 0 fully saturated rings. The quantitative estimate of drug-likeness (QED) is 0.556. The lowest BCUT2D eigenvalue weighted by Gasteiger charge is -2.22. The molecular weight excluding hydrogens is 391 g/mol. The van der Waals surface area contributed by atoms with Gasteiger partial charge < -0.3 is 9.40 Å². The summed E-state index contributed by atoms with van der Waals surface area (Å²) in [4.78, 5) is 17.3. The maximum absolute atomic E-state index is 11.9. The molecular formula is C17H23IN2O2. The van der Waals surface area contributed by atoms with Gasteiger partial charge in [-0.15, -0.1) is 5.06 Å². The summed E-state index contributed by atoms with van der Waals surface area (Å²) in [6.07, 6.45) is 0. The molecule has 2 rings (SSSR count). The van der Waals surface area contributed by atoms with Crippen LogP contribution in [0, 0.1) is 9.12 Å². The Bertz CT molecular complexity index is 686. The molecule has 22 heavy (non-hydrogen) atoms. The minimum absolute atomic E-state index is 0.220. The Morgan fingerprint density at radius 3 is 2.59 bits per heavy atom. The highest BCUT2D eigenvalue weighted by Gasteiger charge is 2.25. The third-order valence-electron chi connectivity index (χ3n) is 3.49. The molecule has 0 aliphatic carbocycles. The molecule has 4 nitrogen and oxygen atoms in total. The van der Waals surface area contributed by atoms with Crippen LogP contribution in [0.2, 0.25) is 0 Å². The maximum Gasteiger partial charge on any atom is 0.330 e. The molecule has 0 N–H and O–H groups in total. The average molecular weight is 414 g/mol. The predicted molar refractivity (Wildman–Crippen MR) is 97.3 cm³/mol. The second kappa shape index (κ2) is 6.58. The van der Waals surface area contributed by atoms with Crippen LogP contribution >= 0.6 is 22.6 Å². The molecule has 0 spiro atoms. The van der Waals surface area contributed by atoms with Gasteiger partial charge in [0, 0.05) is 24.5 Å². The molecule has 0 radical (unpaired) electrons. The first-order chi connectivity index (χ1) is 10.2. The SMILES string of the molecule is CCn1c(I)cc2cc(CN(C)OC(=O)C(C)(C)C)ccc21. The molecule has 0 aliphatic rings. The topological polar surface area (TPSA) is 34.5 Å². The molecule has 5 heteroatoms. The van der Waals surface area contributed by atoms with Gasteiger partial charge in [-0.05, 0) is 74.0 Å². The molecule has 0 unspecified atom stereocenters. The largest absolute Gasteiger partial charge is 0.367 e. The van der Waals surface area contributed by atoms with Crippen LogP contribution < -0.4 is 0 Å². The van der Waals surface area contributed by atoms with Crippen LogP contribution in [0.25, 0.3) is 10.9 Å². The van der Waals surface area contributed by atoms with E-state index in [1.807, 2.05) is 20.8 Å². The lowest BCUT2D eigenvalue weighted by atomic mass is 9.98. The lowest BCUT2D eigenvalue weighted by Crippen LogP contribution is -2.30. The monoisotopic (exact) mass is 414 g/mol. The predicted octanol–water partition coefficient (Wildman–Crippen LogP) is 4.20. The number of aromatic nitrogens is 1. The number of rotatable bonds is 4. The van der Waals surface area contributed by atoms with Crippen molar-refractivity contribution in [2.24, 2.45) is 5.41 Å². The van der Waals surface area contributed by atoms with Crippen molar-refractivity contribution >= 4 is 39.5 Å². The normalized spacial score (nSPS) is 12.1. The van der Waals surface area contributed by atoms with Crippen molar-refractivity contribution in [1.29, 1.82) is 0 Å². The molecule has 1 heterocycles. The van der Waals surface area contributed by atoms with Crippen molar-refractivity contribution in [1.82, 2.24) is 9.63 Å². The smallest absolute Gasteiger partial charge is 0.330 e. The Kier molecular flexibility index (Phi) is 5.17. The molecule has 0 aliphatic heterocycles. The third kappa shape index (κ3) is 3.81. The summed E-state index contributed by atoms with van der Waals surface area (Å²) in [5.41, 5.74) is 1.87. The fourth-order valence-corrected chi connectivity index (χ4v) is 3.21. The number of hydrogen-bond donors (Lipinski definition) is 0. The highest BCUT2D eigenvalue weighted by Crippen LogP contribution is 2.23. The molecule has 1 aromatic heterocycles. The summed E-state index contributed by atoms with van der Waals surface area (Å²) < 4.78 is 3.52. The van der Waals surface area contributed by atoms with Gasteiger partial charge in [-0.3, -0.25) is 0 Å². The van der Waals surface area contributed by atoms with Gasteiger partial charge in [0.2, 0.25) is 0 Å². The number of hydroxylamine groups is 2. The fraction of sp³-hybridized carbons (Fsp3) is 0.471. The standard InChI is InChI=1S/C17H23IN2O2/c1-6-20-14-8-7-12(9-13(14)10-15(20)18)11-19(5)22-16(21)17(2,3)4/h7-10H,6,11H2,1-5H3. The summed E-state index contributed by atoms with van der Waals surface area (Å²) >= 11 is 2.36. The Labute approximate surface area is 145 Å². The first kappa shape index (κ1) is 17.3. The van der Waals surface area contributed by atoms with E-state index in [4.69, 9.17) is 4.84 Å². The van der Waals surface area contributed by atoms with Crippen molar-refractivity contribution in [2.75, 3.05) is 7.05 Å². The molecule has 2 aromatic rings. The van der Waals surface area contributed by atoms with Gasteiger partial charge in [-0.25, -0.2) is 4.79 Å². The van der Waals surface area contributed by atoms with Crippen LogP contribution in [-0.2, 0) is 22.7 Å². The molecule has 0 amide bonds. The number of fused-ring (bicyclic) bond motifs is 1. The van der Waals surface area contributed by atoms with Gasteiger partial charge in [0.15, 0.2) is 0 Å². The summed E-state index contributed by atoms with van der Waals surface area (Å²) in [5.74, 6) is -0.220. The Hall–Kier alpha value is -1.08. The van der Waals surface area contributed by atoms with Crippen molar-refractivity contribution < 1.29 is 9.63 Å². The van der Waals surface area contributed by atoms with E-state index < -0.39 is 5.41 Å². The highest BCUT2D eigenvalue weighted by atomic mass is 127. The summed E-state index contributed by atoms with van der Waals surface area (Å²) in [5, 5.41) is 2.82. The van der Waals surface area contributed by atoms with Gasteiger partial charge in [0.05, 0.1) is 15.7 Å². The first-order valence-electron chi connectivity index (χ1n) is 7.43. The van der Waals surface area contributed by atoms with Crippen LogP contribution in [0.3, 0.4) is 0 Å². The molecule has 120 valence electrons. The Morgan fingerprint density at radius 1 is 1.32 bits per heavy atom. The van der Waals surface area contributed by atoms with Crippen molar-refractivity contribution in [2.45, 2.75) is 40.8 Å². The Morgan fingerprint density at radius 2 is 2.00 bits per heavy atom. The number of aryl methyl sites for hydroxylation is 1. The number of halogens is 1. The van der Waals surface area contributed by atoms with Gasteiger partial charge >= 0.3 is 5.97 Å². The second-order valence-electron chi connectivity index (χ2n) is 6.52. The number of hydrogen-bond acceptors (Lipinski definition) is 3. The zero-order valence-electron chi connectivity index (χ0n) is 13.8. The van der Waals surface area contributed by atoms with Crippen LogP contribution in [0.5, 0.6) is 0 Å². The van der Waals surface area contributed by atoms with Gasteiger partial charge in [0.1, 0.15) is 0 Å². The molecule has 0 bridgehead atoms. The fourth-order valence-electron chi connectivity index (χ4n) is 2.27. The van der Waals surface area contributed by atoms with Crippen LogP contribution in [0.4, 0.5) is 0 Å². The minimum atomic E-state index is -0.493. The van der Waals surface area contributed by atoms with Crippen LogP contribution in [0.1, 0.15) is 33.3 Å². The van der Waals surface area contributed by atoms with Crippen molar-refractivity contribution in [3.05, 3.63) is 33.5 Å². The maximum atomic E-state index is 11.9. The van der Waals surface area contributed by atoms with E-state index in [1.54, 1.807) is 12.1 Å². The summed E-state index contributed by atoms with van der Waals surface area (Å²) in [6.45, 7) is 9.24. The van der Waals surface area contributed by atoms with Gasteiger partial charge in [-0.2, -0.15) is 0 Å². The van der Waals surface area contributed by atoms with E-state index in [0.29, 0.717) is 6.54 Å². The van der Waals surface area contributed by atoms with Crippen LogP contribution in [0.15, 0.2) is 24.3 Å². The zero-order valence-corrected chi connectivity index (χ0v) is 16.0. The summed E-state index contributed by atoms with van der Waals surface area (Å²) in [7, 11) is 1.79. The Balaban J connectivity index is 2.13. The zero-order chi connectivity index (χ0) is 16.5. The first-order valence-corrected chi connectivity index (χ1v) is 8.51. The number of benzene rings is 1. The van der Waals surface area contributed by atoms with E-state index in [1.165, 1.54) is 14.6 Å². The minimum Gasteiger partial charge on any atom is -0.367 e. The van der Waals surface area contributed by atoms with E-state index in [2.05, 4.69) is 58.3 Å². The average Bonchev–Trinajstić information content (AvgIpc) is 2.71. The number of nitrogens with zero attached hydrogens (tertiary/aromatic N) is 2. The molecule has 0 atom stereocenters. The van der Waals surface area contributed by atoms with E-state index in [0.717, 1.165) is 12.1 Å². The third-order valence-corrected chi connectivity index (χ3v) is 4.38. The second-order valence-corrected chi connectivity index (χ2v) is 7.62. The van der Waals surface area contributed by atoms with Crippen LogP contribution in [-0.4, -0.2) is 22.6 Å². The number of carbonyl (C=O) groups is 1. The number of carbonyl (C=O) groups excluding carboxylic acids is 1. The lowest BCUT2D eigenvalue weighted by molar-refractivity contribution is -0.196.